The Morgan fingerprint density at radius 1 is 1.04 bits per heavy atom. The summed E-state index contributed by atoms with van der Waals surface area (Å²) >= 11 is 0. The van der Waals surface area contributed by atoms with Crippen molar-refractivity contribution in [2.24, 2.45) is 0 Å². The van der Waals surface area contributed by atoms with Gasteiger partial charge < -0.3 is 8.85 Å². The number of carbonyl (C=O) groups excluding carboxylic acids is 1. The molecule has 0 fully saturated rings. The Morgan fingerprint density at radius 2 is 1.62 bits per heavy atom. The largest absolute Gasteiger partial charge is 0.413 e. The molecule has 0 aliphatic rings. The Kier molecular flexibility index (Phi) is 5.98. The van der Waals surface area contributed by atoms with Crippen LogP contribution in [0.2, 0.25) is 6.55 Å². The van der Waals surface area contributed by atoms with E-state index in [2.05, 4.69) is 0 Å². The van der Waals surface area contributed by atoms with E-state index >= 15 is 0 Å². The molecule has 3 nitrogen and oxygen atoms in total. The van der Waals surface area contributed by atoms with Crippen LogP contribution in [0.4, 0.5) is 8.78 Å². The standard InChI is InChI=1S/C18H20F2O3Si/c1-4-22-24(3,23-5-2)18(21)17-15(11-14(19)12-16(17)20)13-9-7-6-8-10-13/h6-12H,4-5H2,1-3H3. The van der Waals surface area contributed by atoms with Gasteiger partial charge in [-0.2, -0.15) is 0 Å². The van der Waals surface area contributed by atoms with Crippen molar-refractivity contribution in [2.75, 3.05) is 13.2 Å². The molecule has 128 valence electrons. The van der Waals surface area contributed by atoms with Crippen LogP contribution in [-0.4, -0.2) is 27.2 Å². The highest BCUT2D eigenvalue weighted by atomic mass is 28.4. The number of benzene rings is 2. The monoisotopic (exact) mass is 350 g/mol. The van der Waals surface area contributed by atoms with Gasteiger partial charge >= 0.3 is 8.56 Å². The van der Waals surface area contributed by atoms with Crippen LogP contribution in [0.15, 0.2) is 42.5 Å². The van der Waals surface area contributed by atoms with Crippen LogP contribution >= 0.6 is 0 Å². The number of hydrogen-bond donors (Lipinski definition) is 0. The average Bonchev–Trinajstić information content (AvgIpc) is 2.55. The molecule has 2 rings (SSSR count). The summed E-state index contributed by atoms with van der Waals surface area (Å²) in [5.74, 6) is -1.64. The van der Waals surface area contributed by atoms with Crippen LogP contribution in [0.1, 0.15) is 24.2 Å². The van der Waals surface area contributed by atoms with Crippen molar-refractivity contribution in [3.8, 4) is 11.1 Å². The smallest absolute Gasteiger partial charge is 0.390 e. The molecule has 0 spiro atoms. The lowest BCUT2D eigenvalue weighted by Crippen LogP contribution is -2.48. The summed E-state index contributed by atoms with van der Waals surface area (Å²) in [6.45, 7) is 5.63. The maximum absolute atomic E-state index is 14.5. The highest BCUT2D eigenvalue weighted by Crippen LogP contribution is 2.30. The molecular weight excluding hydrogens is 330 g/mol. The Labute approximate surface area is 141 Å². The van der Waals surface area contributed by atoms with E-state index in [-0.39, 0.29) is 24.3 Å². The van der Waals surface area contributed by atoms with E-state index in [4.69, 9.17) is 8.85 Å². The van der Waals surface area contributed by atoms with E-state index in [1.165, 1.54) is 6.07 Å². The molecule has 0 saturated heterocycles. The third-order valence-electron chi connectivity index (χ3n) is 3.62. The fraction of sp³-hybridized carbons (Fsp3) is 0.278. The Hall–Kier alpha value is -1.89. The first-order valence-electron chi connectivity index (χ1n) is 7.80. The van der Waals surface area contributed by atoms with E-state index in [0.717, 1.165) is 0 Å². The highest BCUT2D eigenvalue weighted by Gasteiger charge is 2.43. The van der Waals surface area contributed by atoms with Gasteiger partial charge in [0.15, 0.2) is 0 Å². The average molecular weight is 350 g/mol. The normalized spacial score (nSPS) is 11.5. The number of halogens is 2. The second-order valence-electron chi connectivity index (χ2n) is 5.32. The van der Waals surface area contributed by atoms with Crippen molar-refractivity contribution >= 4 is 14.0 Å². The van der Waals surface area contributed by atoms with Gasteiger partial charge in [-0.25, -0.2) is 8.78 Å². The molecule has 0 saturated carbocycles. The fourth-order valence-corrected chi connectivity index (χ4v) is 4.76. The molecule has 2 aromatic carbocycles. The van der Waals surface area contributed by atoms with Gasteiger partial charge in [0, 0.05) is 19.3 Å². The summed E-state index contributed by atoms with van der Waals surface area (Å²) in [5, 5.41) is -0.539. The van der Waals surface area contributed by atoms with Crippen LogP contribution < -0.4 is 0 Å². The molecule has 0 bridgehead atoms. The maximum Gasteiger partial charge on any atom is 0.413 e. The van der Waals surface area contributed by atoms with Gasteiger partial charge in [-0.15, -0.1) is 0 Å². The van der Waals surface area contributed by atoms with Gasteiger partial charge in [0.2, 0.25) is 5.41 Å². The van der Waals surface area contributed by atoms with Crippen molar-refractivity contribution in [1.82, 2.24) is 0 Å². The maximum atomic E-state index is 14.5. The molecule has 24 heavy (non-hydrogen) atoms. The highest BCUT2D eigenvalue weighted by molar-refractivity contribution is 6.98. The van der Waals surface area contributed by atoms with E-state index in [1.807, 2.05) is 0 Å². The van der Waals surface area contributed by atoms with Gasteiger partial charge in [0.1, 0.15) is 11.6 Å². The number of rotatable bonds is 7. The van der Waals surface area contributed by atoms with Crippen molar-refractivity contribution in [1.29, 1.82) is 0 Å². The molecule has 0 N–H and O–H groups in total. The van der Waals surface area contributed by atoms with E-state index < -0.39 is 25.6 Å². The molecule has 0 amide bonds. The van der Waals surface area contributed by atoms with E-state index in [1.54, 1.807) is 50.7 Å². The first-order valence-corrected chi connectivity index (χ1v) is 10.1. The zero-order chi connectivity index (χ0) is 17.7. The van der Waals surface area contributed by atoms with Gasteiger partial charge in [0.05, 0.1) is 5.56 Å². The first-order chi connectivity index (χ1) is 11.4. The van der Waals surface area contributed by atoms with Gasteiger partial charge in [0.25, 0.3) is 0 Å². The quantitative estimate of drug-likeness (QED) is 0.690. The second-order valence-corrected chi connectivity index (χ2v) is 8.24. The molecule has 0 aromatic heterocycles. The molecule has 2 aromatic rings. The predicted molar refractivity (Wildman–Crippen MR) is 91.0 cm³/mol. The Bertz CT molecular complexity index is 714. The molecule has 0 aliphatic carbocycles. The lowest BCUT2D eigenvalue weighted by molar-refractivity contribution is 0.0945. The molecule has 0 heterocycles. The van der Waals surface area contributed by atoms with Gasteiger partial charge in [-0.3, -0.25) is 4.79 Å². The third kappa shape index (κ3) is 3.77. The molecule has 0 aliphatic heterocycles. The summed E-state index contributed by atoms with van der Waals surface area (Å²) in [6.07, 6.45) is 0. The van der Waals surface area contributed by atoms with Crippen LogP contribution in [0.5, 0.6) is 0 Å². The summed E-state index contributed by atoms with van der Waals surface area (Å²) in [6, 6.07) is 10.6. The summed E-state index contributed by atoms with van der Waals surface area (Å²) in [5.41, 5.74) is 0.582. The molecule has 0 atom stereocenters. The van der Waals surface area contributed by atoms with Crippen LogP contribution in [0.25, 0.3) is 11.1 Å². The summed E-state index contributed by atoms with van der Waals surface area (Å²) in [4.78, 5) is 13.0. The number of hydrogen-bond acceptors (Lipinski definition) is 3. The fourth-order valence-electron chi connectivity index (χ4n) is 2.60. The summed E-state index contributed by atoms with van der Waals surface area (Å²) in [7, 11) is -3.31. The van der Waals surface area contributed by atoms with Crippen LogP contribution in [0, 0.1) is 11.6 Å². The zero-order valence-corrected chi connectivity index (χ0v) is 14.9. The Balaban J connectivity index is 2.63. The molecule has 6 heteroatoms. The minimum atomic E-state index is -3.31. The van der Waals surface area contributed by atoms with Crippen molar-refractivity contribution in [3.63, 3.8) is 0 Å². The van der Waals surface area contributed by atoms with E-state index in [9.17, 15) is 13.6 Å². The lowest BCUT2D eigenvalue weighted by Gasteiger charge is -2.25. The topological polar surface area (TPSA) is 35.5 Å². The first kappa shape index (κ1) is 18.4. The summed E-state index contributed by atoms with van der Waals surface area (Å²) < 4.78 is 39.4. The van der Waals surface area contributed by atoms with Crippen molar-refractivity contribution in [3.05, 3.63) is 59.7 Å². The van der Waals surface area contributed by atoms with Crippen LogP contribution in [-0.2, 0) is 8.85 Å². The zero-order valence-electron chi connectivity index (χ0n) is 13.9. The third-order valence-corrected chi connectivity index (χ3v) is 6.37. The molecular formula is C18H20F2O3Si. The minimum Gasteiger partial charge on any atom is -0.390 e. The molecule has 0 radical (unpaired) electrons. The van der Waals surface area contributed by atoms with Crippen molar-refractivity contribution < 1.29 is 22.4 Å². The molecule has 0 unspecified atom stereocenters. The Morgan fingerprint density at radius 3 is 2.17 bits per heavy atom. The van der Waals surface area contributed by atoms with Crippen LogP contribution in [0.3, 0.4) is 0 Å². The predicted octanol–water partition coefficient (Wildman–Crippen LogP) is 4.50. The lowest BCUT2D eigenvalue weighted by atomic mass is 9.99. The van der Waals surface area contributed by atoms with Gasteiger partial charge in [-0.05, 0) is 37.6 Å². The van der Waals surface area contributed by atoms with Gasteiger partial charge in [-0.1, -0.05) is 30.3 Å². The SMILES string of the molecule is CCO[Si](C)(OCC)C(=O)c1c(F)cc(F)cc1-c1ccccc1. The number of carbonyl (C=O) groups is 1. The van der Waals surface area contributed by atoms with E-state index in [0.29, 0.717) is 11.6 Å². The minimum absolute atomic E-state index is 0.182. The van der Waals surface area contributed by atoms with Crippen molar-refractivity contribution in [2.45, 2.75) is 20.4 Å². The second kappa shape index (κ2) is 7.79.